The van der Waals surface area contributed by atoms with E-state index in [0.717, 1.165) is 33.3 Å². The lowest BCUT2D eigenvalue weighted by molar-refractivity contribution is -0.135. The number of hydrogen-bond donors (Lipinski definition) is 3. The van der Waals surface area contributed by atoms with Gasteiger partial charge in [0, 0.05) is 16.6 Å². The number of amides is 1. The molecule has 0 radical (unpaired) electrons. The smallest absolute Gasteiger partial charge is 0.322 e. The van der Waals surface area contributed by atoms with Crippen molar-refractivity contribution in [1.82, 2.24) is 10.3 Å². The number of carboxylic acids is 1. The molecule has 0 fully saturated rings. The number of aliphatic hydroxyl groups is 1. The Kier molecular flexibility index (Phi) is 5.47. The predicted molar refractivity (Wildman–Crippen MR) is 102 cm³/mol. The molecule has 0 aliphatic carbocycles. The van der Waals surface area contributed by atoms with Crippen LogP contribution in [0.3, 0.4) is 0 Å². The molecule has 2 aromatic carbocycles. The predicted octanol–water partition coefficient (Wildman–Crippen LogP) is 2.44. The van der Waals surface area contributed by atoms with Crippen LogP contribution in [0.15, 0.2) is 48.5 Å². The number of rotatable bonds is 6. The average molecular weight is 364 g/mol. The normalized spacial score (nSPS) is 10.7. The molecular weight excluding hydrogens is 344 g/mol. The lowest BCUT2D eigenvalue weighted by Crippen LogP contribution is -2.29. The number of carboxylic acid groups (broad SMARTS) is 1. The molecule has 0 aliphatic heterocycles. The highest BCUT2D eigenvalue weighted by atomic mass is 16.4. The van der Waals surface area contributed by atoms with Crippen molar-refractivity contribution >= 4 is 22.8 Å². The molecular formula is C21H20N2O4. The van der Waals surface area contributed by atoms with E-state index in [0.29, 0.717) is 12.0 Å². The van der Waals surface area contributed by atoms with E-state index in [2.05, 4.69) is 10.3 Å². The summed E-state index contributed by atoms with van der Waals surface area (Å²) in [6, 6.07) is 14.8. The van der Waals surface area contributed by atoms with Crippen molar-refractivity contribution in [2.24, 2.45) is 0 Å². The SMILES string of the molecule is Cc1cc(CO)c2cccc(Cc3cccc(C(=O)NCC(=O)O)c3)c2n1. The minimum absolute atomic E-state index is 0.0530. The fourth-order valence-corrected chi connectivity index (χ4v) is 3.09. The van der Waals surface area contributed by atoms with Gasteiger partial charge in [-0.25, -0.2) is 0 Å². The van der Waals surface area contributed by atoms with Crippen LogP contribution in [-0.4, -0.2) is 33.6 Å². The van der Waals surface area contributed by atoms with Crippen LogP contribution in [0.1, 0.15) is 32.7 Å². The number of carbonyl (C=O) groups excluding carboxylic acids is 1. The van der Waals surface area contributed by atoms with Gasteiger partial charge in [0.05, 0.1) is 12.1 Å². The van der Waals surface area contributed by atoms with E-state index in [4.69, 9.17) is 5.11 Å². The van der Waals surface area contributed by atoms with Gasteiger partial charge in [-0.2, -0.15) is 0 Å². The third-order valence-electron chi connectivity index (χ3n) is 4.29. The molecule has 6 nitrogen and oxygen atoms in total. The second kappa shape index (κ2) is 7.97. The van der Waals surface area contributed by atoms with E-state index >= 15 is 0 Å². The summed E-state index contributed by atoms with van der Waals surface area (Å²) in [5, 5.41) is 21.6. The van der Waals surface area contributed by atoms with Gasteiger partial charge in [-0.3, -0.25) is 14.6 Å². The van der Waals surface area contributed by atoms with Gasteiger partial charge in [0.1, 0.15) is 6.54 Å². The van der Waals surface area contributed by atoms with Gasteiger partial charge in [-0.05, 0) is 48.2 Å². The van der Waals surface area contributed by atoms with Crippen LogP contribution in [0.2, 0.25) is 0 Å². The molecule has 3 aromatic rings. The number of benzene rings is 2. The number of nitrogens with zero attached hydrogens (tertiary/aromatic N) is 1. The molecule has 1 amide bonds. The Balaban J connectivity index is 1.92. The zero-order valence-electron chi connectivity index (χ0n) is 14.9. The number of para-hydroxylation sites is 1. The van der Waals surface area contributed by atoms with Gasteiger partial charge >= 0.3 is 5.97 Å². The van der Waals surface area contributed by atoms with Crippen LogP contribution in [0.5, 0.6) is 0 Å². The Bertz CT molecular complexity index is 1010. The first-order chi connectivity index (χ1) is 13.0. The number of aromatic nitrogens is 1. The molecule has 138 valence electrons. The van der Waals surface area contributed by atoms with Crippen LogP contribution < -0.4 is 5.32 Å². The molecule has 3 N–H and O–H groups in total. The van der Waals surface area contributed by atoms with Gasteiger partial charge in [-0.15, -0.1) is 0 Å². The van der Waals surface area contributed by atoms with Crippen LogP contribution >= 0.6 is 0 Å². The molecule has 6 heteroatoms. The number of nitrogens with one attached hydrogen (secondary N) is 1. The van der Waals surface area contributed by atoms with Crippen LogP contribution in [0, 0.1) is 6.92 Å². The number of aliphatic carboxylic acids is 1. The van der Waals surface area contributed by atoms with Gasteiger partial charge in [0.25, 0.3) is 5.91 Å². The standard InChI is InChI=1S/C21H20N2O4/c1-13-8-17(12-24)18-7-3-5-15(20(18)23-13)9-14-4-2-6-16(10-14)21(27)22-11-19(25)26/h2-8,10,24H,9,11-12H2,1H3,(H,22,27)(H,25,26). The molecule has 0 saturated carbocycles. The van der Waals surface area contributed by atoms with Crippen molar-refractivity contribution in [3.63, 3.8) is 0 Å². The van der Waals surface area contributed by atoms with Crippen molar-refractivity contribution in [2.75, 3.05) is 6.54 Å². The van der Waals surface area contributed by atoms with Crippen LogP contribution in [0.25, 0.3) is 10.9 Å². The summed E-state index contributed by atoms with van der Waals surface area (Å²) in [5.41, 5.74) is 4.83. The molecule has 1 aromatic heterocycles. The zero-order valence-corrected chi connectivity index (χ0v) is 14.9. The second-order valence-electron chi connectivity index (χ2n) is 6.35. The number of aliphatic hydroxyl groups excluding tert-OH is 1. The van der Waals surface area contributed by atoms with E-state index in [1.165, 1.54) is 0 Å². The van der Waals surface area contributed by atoms with E-state index in [9.17, 15) is 14.7 Å². The Morgan fingerprint density at radius 2 is 1.85 bits per heavy atom. The lowest BCUT2D eigenvalue weighted by Gasteiger charge is -2.11. The average Bonchev–Trinajstić information content (AvgIpc) is 2.66. The van der Waals surface area contributed by atoms with Crippen molar-refractivity contribution in [1.29, 1.82) is 0 Å². The number of fused-ring (bicyclic) bond motifs is 1. The number of hydrogen-bond acceptors (Lipinski definition) is 4. The topological polar surface area (TPSA) is 99.5 Å². The van der Waals surface area contributed by atoms with Gasteiger partial charge < -0.3 is 15.5 Å². The highest BCUT2D eigenvalue weighted by Crippen LogP contribution is 2.24. The molecule has 0 bridgehead atoms. The van der Waals surface area contributed by atoms with Crippen molar-refractivity contribution in [3.05, 3.63) is 76.5 Å². The zero-order chi connectivity index (χ0) is 19.4. The van der Waals surface area contributed by atoms with Crippen molar-refractivity contribution in [3.8, 4) is 0 Å². The van der Waals surface area contributed by atoms with Crippen LogP contribution in [0.4, 0.5) is 0 Å². The lowest BCUT2D eigenvalue weighted by atomic mass is 9.98. The molecule has 0 unspecified atom stereocenters. The molecule has 3 rings (SSSR count). The fourth-order valence-electron chi connectivity index (χ4n) is 3.09. The van der Waals surface area contributed by atoms with E-state index in [1.54, 1.807) is 18.2 Å². The Hall–Kier alpha value is -3.25. The Morgan fingerprint density at radius 3 is 2.59 bits per heavy atom. The highest BCUT2D eigenvalue weighted by molar-refractivity contribution is 5.96. The first-order valence-electron chi connectivity index (χ1n) is 8.56. The minimum atomic E-state index is -1.09. The van der Waals surface area contributed by atoms with E-state index in [-0.39, 0.29) is 6.61 Å². The molecule has 27 heavy (non-hydrogen) atoms. The van der Waals surface area contributed by atoms with Crippen LogP contribution in [-0.2, 0) is 17.8 Å². The summed E-state index contributed by atoms with van der Waals surface area (Å²) in [6.07, 6.45) is 0.568. The van der Waals surface area contributed by atoms with Gasteiger partial charge in [-0.1, -0.05) is 30.3 Å². The summed E-state index contributed by atoms with van der Waals surface area (Å²) in [7, 11) is 0. The maximum absolute atomic E-state index is 12.1. The van der Waals surface area contributed by atoms with E-state index in [1.807, 2.05) is 37.3 Å². The quantitative estimate of drug-likeness (QED) is 0.624. The first kappa shape index (κ1) is 18.5. The molecule has 0 spiro atoms. The molecule has 0 aliphatic rings. The monoisotopic (exact) mass is 364 g/mol. The number of pyridine rings is 1. The van der Waals surface area contributed by atoms with Crippen molar-refractivity contribution < 1.29 is 19.8 Å². The number of aryl methyl sites for hydroxylation is 1. The highest BCUT2D eigenvalue weighted by Gasteiger charge is 2.11. The fraction of sp³-hybridized carbons (Fsp3) is 0.190. The Labute approximate surface area is 156 Å². The van der Waals surface area contributed by atoms with E-state index < -0.39 is 18.4 Å². The first-order valence-corrected chi connectivity index (χ1v) is 8.56. The van der Waals surface area contributed by atoms with Gasteiger partial charge in [0.15, 0.2) is 0 Å². The summed E-state index contributed by atoms with van der Waals surface area (Å²) in [6.45, 7) is 1.42. The Morgan fingerprint density at radius 1 is 1.07 bits per heavy atom. The summed E-state index contributed by atoms with van der Waals surface area (Å²) < 4.78 is 0. The third-order valence-corrected chi connectivity index (χ3v) is 4.29. The van der Waals surface area contributed by atoms with Crippen molar-refractivity contribution in [2.45, 2.75) is 20.0 Å². The summed E-state index contributed by atoms with van der Waals surface area (Å²) >= 11 is 0. The summed E-state index contributed by atoms with van der Waals surface area (Å²) in [4.78, 5) is 27.3. The van der Waals surface area contributed by atoms with Gasteiger partial charge in [0.2, 0.25) is 0 Å². The minimum Gasteiger partial charge on any atom is -0.480 e. The second-order valence-corrected chi connectivity index (χ2v) is 6.35. The largest absolute Gasteiger partial charge is 0.480 e. The maximum Gasteiger partial charge on any atom is 0.322 e. The molecule has 1 heterocycles. The molecule has 0 atom stereocenters. The third kappa shape index (κ3) is 4.30. The molecule has 0 saturated heterocycles. The summed E-state index contributed by atoms with van der Waals surface area (Å²) in [5.74, 6) is -1.51. The number of carbonyl (C=O) groups is 2. The maximum atomic E-state index is 12.1.